The van der Waals surface area contributed by atoms with Gasteiger partial charge in [-0.2, -0.15) is 0 Å². The first-order valence-corrected chi connectivity index (χ1v) is 4.97. The quantitative estimate of drug-likeness (QED) is 0.530. The molecule has 0 unspecified atom stereocenters. The molecule has 0 amide bonds. The van der Waals surface area contributed by atoms with Crippen LogP contribution in [0.15, 0.2) is 6.20 Å². The second-order valence-corrected chi connectivity index (χ2v) is 3.63. The Bertz CT molecular complexity index is 671. The molecule has 0 radical (unpaired) electrons. The van der Waals surface area contributed by atoms with Gasteiger partial charge in [0.25, 0.3) is 0 Å². The highest BCUT2D eigenvalue weighted by atomic mass is 19.2. The zero-order chi connectivity index (χ0) is 15.0. The second-order valence-electron chi connectivity index (χ2n) is 3.63. The van der Waals surface area contributed by atoms with Crippen molar-refractivity contribution in [1.29, 1.82) is 0 Å². The van der Waals surface area contributed by atoms with E-state index in [2.05, 4.69) is 10.3 Å². The highest BCUT2D eigenvalue weighted by Crippen LogP contribution is 2.26. The van der Waals surface area contributed by atoms with Gasteiger partial charge < -0.3 is 5.11 Å². The van der Waals surface area contributed by atoms with Crippen LogP contribution >= 0.6 is 0 Å². The number of hydrogen-bond donors (Lipinski definition) is 1. The summed E-state index contributed by atoms with van der Waals surface area (Å²) in [6.45, 7) is 0. The maximum atomic E-state index is 13.5. The number of carbonyl (C=O) groups is 1. The molecule has 2 rings (SSSR count). The van der Waals surface area contributed by atoms with Gasteiger partial charge >= 0.3 is 5.97 Å². The lowest BCUT2D eigenvalue weighted by Gasteiger charge is -2.09. The average Bonchev–Trinajstić information content (AvgIpc) is 2.82. The monoisotopic (exact) mass is 293 g/mol. The van der Waals surface area contributed by atoms with E-state index in [0.29, 0.717) is 0 Å². The zero-order valence-corrected chi connectivity index (χ0v) is 9.37. The molecule has 1 N–H and O–H groups in total. The van der Waals surface area contributed by atoms with Gasteiger partial charge in [-0.05, 0) is 0 Å². The minimum Gasteiger partial charge on any atom is -0.481 e. The van der Waals surface area contributed by atoms with Crippen molar-refractivity contribution in [2.75, 3.05) is 0 Å². The molecule has 10 heteroatoms. The summed E-state index contributed by atoms with van der Waals surface area (Å²) in [5, 5.41) is 14.9. The van der Waals surface area contributed by atoms with Crippen LogP contribution in [-0.4, -0.2) is 26.1 Å². The van der Waals surface area contributed by atoms with E-state index in [0.717, 1.165) is 6.20 Å². The number of halogens is 5. The summed E-state index contributed by atoms with van der Waals surface area (Å²) >= 11 is 0. The standard InChI is InChI=1S/C10H4F5N3O2/c11-5-6(12)8(14)10(9(15)7(5)13)18-3(1-4(19)20)2-16-17-18/h2H,1H2,(H,19,20). The third-order valence-electron chi connectivity index (χ3n) is 2.35. The molecule has 20 heavy (non-hydrogen) atoms. The Hall–Kier alpha value is -2.52. The summed E-state index contributed by atoms with van der Waals surface area (Å²) < 4.78 is 66.3. The number of aromatic nitrogens is 3. The third-order valence-corrected chi connectivity index (χ3v) is 2.35. The lowest BCUT2D eigenvalue weighted by molar-refractivity contribution is -0.136. The van der Waals surface area contributed by atoms with Gasteiger partial charge in [0.15, 0.2) is 23.3 Å². The van der Waals surface area contributed by atoms with Crippen LogP contribution in [0.4, 0.5) is 22.0 Å². The maximum absolute atomic E-state index is 13.5. The van der Waals surface area contributed by atoms with Crippen molar-refractivity contribution in [3.05, 3.63) is 41.0 Å². The number of rotatable bonds is 3. The molecule has 0 saturated carbocycles. The molecule has 0 saturated heterocycles. The lowest BCUT2D eigenvalue weighted by Crippen LogP contribution is -2.14. The van der Waals surface area contributed by atoms with Crippen LogP contribution < -0.4 is 0 Å². The largest absolute Gasteiger partial charge is 0.481 e. The smallest absolute Gasteiger partial charge is 0.309 e. The molecule has 0 aliphatic rings. The second kappa shape index (κ2) is 4.87. The van der Waals surface area contributed by atoms with E-state index in [1.807, 2.05) is 0 Å². The topological polar surface area (TPSA) is 68.0 Å². The molecule has 1 aromatic heterocycles. The van der Waals surface area contributed by atoms with Crippen molar-refractivity contribution in [3.8, 4) is 5.69 Å². The molecular weight excluding hydrogens is 289 g/mol. The molecule has 2 aromatic rings. The maximum Gasteiger partial charge on any atom is 0.309 e. The average molecular weight is 293 g/mol. The molecule has 1 aromatic carbocycles. The fourth-order valence-corrected chi connectivity index (χ4v) is 1.50. The normalized spacial score (nSPS) is 10.8. The summed E-state index contributed by atoms with van der Waals surface area (Å²) in [6, 6.07) is 0. The molecule has 5 nitrogen and oxygen atoms in total. The number of aliphatic carboxylic acids is 1. The van der Waals surface area contributed by atoms with Gasteiger partial charge in [0.1, 0.15) is 5.69 Å². The van der Waals surface area contributed by atoms with Crippen molar-refractivity contribution in [2.45, 2.75) is 6.42 Å². The summed E-state index contributed by atoms with van der Waals surface area (Å²) in [6.07, 6.45) is 0.0820. The van der Waals surface area contributed by atoms with Gasteiger partial charge in [0.2, 0.25) is 5.82 Å². The van der Waals surface area contributed by atoms with Gasteiger partial charge in [-0.15, -0.1) is 5.10 Å². The van der Waals surface area contributed by atoms with Gasteiger partial charge in [-0.3, -0.25) is 4.79 Å². The van der Waals surface area contributed by atoms with E-state index in [9.17, 15) is 26.7 Å². The molecule has 0 aliphatic carbocycles. The predicted octanol–water partition coefficient (Wildman–Crippen LogP) is 1.59. The van der Waals surface area contributed by atoms with E-state index in [1.54, 1.807) is 0 Å². The van der Waals surface area contributed by atoms with Crippen molar-refractivity contribution in [2.24, 2.45) is 0 Å². The van der Waals surface area contributed by atoms with E-state index in [1.165, 1.54) is 0 Å². The fourth-order valence-electron chi connectivity index (χ4n) is 1.50. The van der Waals surface area contributed by atoms with Gasteiger partial charge in [-0.1, -0.05) is 5.21 Å². The summed E-state index contributed by atoms with van der Waals surface area (Å²) in [5.74, 6) is -12.3. The SMILES string of the molecule is O=C(O)Cc1cnnn1-c1c(F)c(F)c(F)c(F)c1F. The molecule has 0 atom stereocenters. The minimum absolute atomic E-state index is 0.254. The van der Waals surface area contributed by atoms with Crippen molar-refractivity contribution in [1.82, 2.24) is 15.0 Å². The first kappa shape index (κ1) is 13.9. The minimum atomic E-state index is -2.32. The number of nitrogens with zero attached hydrogens (tertiary/aromatic N) is 3. The highest BCUT2D eigenvalue weighted by molar-refractivity contribution is 5.69. The van der Waals surface area contributed by atoms with Crippen LogP contribution in [0.1, 0.15) is 5.69 Å². The highest BCUT2D eigenvalue weighted by Gasteiger charge is 2.28. The summed E-state index contributed by atoms with van der Waals surface area (Å²) in [4.78, 5) is 10.5. The van der Waals surface area contributed by atoms with Gasteiger partial charge in [0, 0.05) is 0 Å². The number of carboxylic acid groups (broad SMARTS) is 1. The fraction of sp³-hybridized carbons (Fsp3) is 0.100. The van der Waals surface area contributed by atoms with Crippen molar-refractivity contribution in [3.63, 3.8) is 0 Å². The first-order valence-electron chi connectivity index (χ1n) is 4.97. The molecule has 1 heterocycles. The van der Waals surface area contributed by atoms with E-state index in [4.69, 9.17) is 5.11 Å². The van der Waals surface area contributed by atoms with Crippen LogP contribution in [0, 0.1) is 29.1 Å². The molecule has 0 fully saturated rings. The van der Waals surface area contributed by atoms with Crippen LogP contribution in [-0.2, 0) is 11.2 Å². The van der Waals surface area contributed by atoms with Crippen LogP contribution in [0.5, 0.6) is 0 Å². The van der Waals surface area contributed by atoms with Crippen LogP contribution in [0.3, 0.4) is 0 Å². The van der Waals surface area contributed by atoms with Crippen molar-refractivity contribution < 1.29 is 31.9 Å². The molecule has 0 spiro atoms. The Balaban J connectivity index is 2.71. The molecule has 106 valence electrons. The predicted molar refractivity (Wildman–Crippen MR) is 52.5 cm³/mol. The van der Waals surface area contributed by atoms with Crippen molar-refractivity contribution >= 4 is 5.97 Å². The Kier molecular flexibility index (Phi) is 3.38. The molecule has 0 aliphatic heterocycles. The third kappa shape index (κ3) is 2.08. The van der Waals surface area contributed by atoms with Gasteiger partial charge in [-0.25, -0.2) is 26.6 Å². The zero-order valence-electron chi connectivity index (χ0n) is 9.37. The Morgan fingerprint density at radius 2 is 1.55 bits per heavy atom. The summed E-state index contributed by atoms with van der Waals surface area (Å²) in [7, 11) is 0. The van der Waals surface area contributed by atoms with E-state index < -0.39 is 47.2 Å². The van der Waals surface area contributed by atoms with E-state index >= 15 is 0 Å². The van der Waals surface area contributed by atoms with Crippen LogP contribution in [0.2, 0.25) is 0 Å². The van der Waals surface area contributed by atoms with E-state index in [-0.39, 0.29) is 10.4 Å². The van der Waals surface area contributed by atoms with Gasteiger partial charge in [0.05, 0.1) is 18.3 Å². The molecule has 0 bridgehead atoms. The summed E-state index contributed by atoms with van der Waals surface area (Å²) in [5.41, 5.74) is -1.73. The number of benzene rings is 1. The Morgan fingerprint density at radius 3 is 2.05 bits per heavy atom. The Labute approximate surface area is 107 Å². The van der Waals surface area contributed by atoms with Crippen LogP contribution in [0.25, 0.3) is 5.69 Å². The lowest BCUT2D eigenvalue weighted by atomic mass is 10.2. The molecular formula is C10H4F5N3O2. The number of hydrogen-bond acceptors (Lipinski definition) is 3. The first-order chi connectivity index (χ1) is 9.34. The number of carboxylic acids is 1. The Morgan fingerprint density at radius 1 is 1.05 bits per heavy atom.